The van der Waals surface area contributed by atoms with Crippen LogP contribution in [0.25, 0.3) is 0 Å². The van der Waals surface area contributed by atoms with Crippen LogP contribution in [0.4, 0.5) is 0 Å². The summed E-state index contributed by atoms with van der Waals surface area (Å²) in [5.41, 5.74) is -2.77. The Morgan fingerprint density at radius 2 is 1.18 bits per heavy atom. The third-order valence-electron chi connectivity index (χ3n) is 2.50. The van der Waals surface area contributed by atoms with Crippen LogP contribution < -0.4 is 5.32 Å². The van der Waals surface area contributed by atoms with Crippen LogP contribution in [0.2, 0.25) is 0 Å². The first-order chi connectivity index (χ1) is 8.07. The molecule has 8 nitrogen and oxygen atoms in total. The van der Waals surface area contributed by atoms with Gasteiger partial charge in [-0.3, -0.25) is 4.99 Å². The lowest BCUT2D eigenvalue weighted by molar-refractivity contribution is 0.0549. The highest BCUT2D eigenvalue weighted by Crippen LogP contribution is 2.07. The van der Waals surface area contributed by atoms with E-state index in [0.717, 1.165) is 6.34 Å². The summed E-state index contributed by atoms with van der Waals surface area (Å²) < 4.78 is 0. The Balaban J connectivity index is 4.61. The normalized spacial score (nSPS) is 13.3. The second kappa shape index (κ2) is 7.54. The van der Waals surface area contributed by atoms with Gasteiger partial charge in [0, 0.05) is 0 Å². The second-order valence-corrected chi connectivity index (χ2v) is 3.86. The molecule has 102 valence electrons. The van der Waals surface area contributed by atoms with Crippen LogP contribution in [0.15, 0.2) is 4.99 Å². The van der Waals surface area contributed by atoms with Crippen molar-refractivity contribution in [2.24, 2.45) is 4.99 Å². The zero-order valence-corrected chi connectivity index (χ0v) is 9.45. The smallest absolute Gasteiger partial charge is 0.131 e. The molecule has 0 rings (SSSR count). The van der Waals surface area contributed by atoms with E-state index in [9.17, 15) is 0 Å². The number of hydrogen-bond acceptors (Lipinski definition) is 7. The lowest BCUT2D eigenvalue weighted by atomic mass is 10.0. The summed E-state index contributed by atoms with van der Waals surface area (Å²) in [5.74, 6) is 0. The van der Waals surface area contributed by atoms with Crippen LogP contribution in [-0.4, -0.2) is 87.7 Å². The Morgan fingerprint density at radius 1 is 0.765 bits per heavy atom. The van der Waals surface area contributed by atoms with Gasteiger partial charge < -0.3 is 36.0 Å². The SMILES string of the molecule is OCC(CO)(CO)N=CNC(CO)(CO)CO. The second-order valence-electron chi connectivity index (χ2n) is 3.86. The number of nitrogens with one attached hydrogen (secondary N) is 1. The van der Waals surface area contributed by atoms with Crippen molar-refractivity contribution in [3.63, 3.8) is 0 Å². The molecule has 0 radical (unpaired) electrons. The molecule has 0 aromatic rings. The molecule has 0 aliphatic rings. The minimum Gasteiger partial charge on any atom is -0.394 e. The van der Waals surface area contributed by atoms with E-state index < -0.39 is 50.7 Å². The van der Waals surface area contributed by atoms with Gasteiger partial charge in [0.05, 0.1) is 46.0 Å². The maximum absolute atomic E-state index is 8.99. The highest BCUT2D eigenvalue weighted by atomic mass is 16.3. The molecule has 0 aliphatic carbocycles. The van der Waals surface area contributed by atoms with E-state index in [4.69, 9.17) is 30.6 Å². The number of hydrogen-bond donors (Lipinski definition) is 7. The first-order valence-corrected chi connectivity index (χ1v) is 5.04. The van der Waals surface area contributed by atoms with E-state index in [1.807, 2.05) is 0 Å². The molecule has 0 fully saturated rings. The van der Waals surface area contributed by atoms with E-state index in [-0.39, 0.29) is 0 Å². The van der Waals surface area contributed by atoms with Crippen molar-refractivity contribution < 1.29 is 30.6 Å². The molecule has 0 spiro atoms. The topological polar surface area (TPSA) is 146 Å². The molecule has 0 saturated carbocycles. The molecular weight excluding hydrogens is 232 g/mol. The predicted octanol–water partition coefficient (Wildman–Crippen LogP) is -3.96. The highest BCUT2D eigenvalue weighted by molar-refractivity contribution is 5.56. The van der Waals surface area contributed by atoms with Gasteiger partial charge in [0.15, 0.2) is 0 Å². The molecule has 0 heterocycles. The Labute approximate surface area is 98.9 Å². The number of nitrogens with zero attached hydrogens (tertiary/aromatic N) is 1. The Hall–Kier alpha value is -0.770. The van der Waals surface area contributed by atoms with Crippen molar-refractivity contribution in [2.45, 2.75) is 11.1 Å². The first kappa shape index (κ1) is 16.2. The van der Waals surface area contributed by atoms with Gasteiger partial charge in [-0.2, -0.15) is 0 Å². The minimum absolute atomic E-state index is 0.531. The summed E-state index contributed by atoms with van der Waals surface area (Å²) in [6.07, 6.45) is 1.02. The van der Waals surface area contributed by atoms with Crippen molar-refractivity contribution in [3.05, 3.63) is 0 Å². The summed E-state index contributed by atoms with van der Waals surface area (Å²) >= 11 is 0. The molecule has 0 amide bonds. The third-order valence-corrected chi connectivity index (χ3v) is 2.50. The van der Waals surface area contributed by atoms with Crippen LogP contribution >= 0.6 is 0 Å². The first-order valence-electron chi connectivity index (χ1n) is 5.04. The fourth-order valence-electron chi connectivity index (χ4n) is 0.866. The van der Waals surface area contributed by atoms with Crippen molar-refractivity contribution in [3.8, 4) is 0 Å². The van der Waals surface area contributed by atoms with Gasteiger partial charge in [-0.25, -0.2) is 0 Å². The lowest BCUT2D eigenvalue weighted by Gasteiger charge is -2.28. The van der Waals surface area contributed by atoms with E-state index in [1.54, 1.807) is 0 Å². The summed E-state index contributed by atoms with van der Waals surface area (Å²) in [6, 6.07) is 0. The monoisotopic (exact) mass is 252 g/mol. The molecule has 7 N–H and O–H groups in total. The maximum Gasteiger partial charge on any atom is 0.131 e. The molecule has 0 aromatic carbocycles. The van der Waals surface area contributed by atoms with E-state index >= 15 is 0 Å². The van der Waals surface area contributed by atoms with Gasteiger partial charge in [0.25, 0.3) is 0 Å². The van der Waals surface area contributed by atoms with Gasteiger partial charge in [-0.05, 0) is 0 Å². The maximum atomic E-state index is 8.99. The van der Waals surface area contributed by atoms with Crippen LogP contribution in [-0.2, 0) is 0 Å². The van der Waals surface area contributed by atoms with E-state index in [2.05, 4.69) is 10.3 Å². The molecule has 0 bridgehead atoms. The number of rotatable bonds is 9. The zero-order valence-electron chi connectivity index (χ0n) is 9.45. The molecule has 0 aliphatic heterocycles. The van der Waals surface area contributed by atoms with Crippen molar-refractivity contribution in [2.75, 3.05) is 39.6 Å². The van der Waals surface area contributed by atoms with Crippen LogP contribution in [0.5, 0.6) is 0 Å². The van der Waals surface area contributed by atoms with Crippen molar-refractivity contribution in [1.29, 1.82) is 0 Å². The molecule has 0 aromatic heterocycles. The van der Waals surface area contributed by atoms with Crippen molar-refractivity contribution in [1.82, 2.24) is 5.32 Å². The summed E-state index contributed by atoms with van der Waals surface area (Å²) in [7, 11) is 0. The lowest BCUT2D eigenvalue weighted by Crippen LogP contribution is -2.54. The molecular formula is C9H20N2O6. The minimum atomic E-state index is -1.43. The quantitative estimate of drug-likeness (QED) is 0.164. The number of aliphatic hydroxyl groups is 6. The largest absolute Gasteiger partial charge is 0.394 e. The number of aliphatic hydroxyl groups excluding tert-OH is 6. The molecule has 0 saturated heterocycles. The zero-order chi connectivity index (χ0) is 13.4. The highest BCUT2D eigenvalue weighted by Gasteiger charge is 2.29. The van der Waals surface area contributed by atoms with E-state index in [1.165, 1.54) is 0 Å². The van der Waals surface area contributed by atoms with Crippen LogP contribution in [0, 0.1) is 0 Å². The Bertz CT molecular complexity index is 211. The van der Waals surface area contributed by atoms with Crippen LogP contribution in [0.1, 0.15) is 0 Å². The molecule has 8 heteroatoms. The van der Waals surface area contributed by atoms with Crippen molar-refractivity contribution >= 4 is 6.34 Å². The standard InChI is InChI=1S/C9H20N2O6/c12-1-8(2-13,3-14)10-7-11-9(4-15,5-16)6-17/h7,12-17H,1-6H2,(H,10,11). The summed E-state index contributed by atoms with van der Waals surface area (Å²) in [6.45, 7) is -3.29. The van der Waals surface area contributed by atoms with Gasteiger partial charge in [0.1, 0.15) is 11.1 Å². The fraction of sp³-hybridized carbons (Fsp3) is 0.889. The number of aliphatic imine (C=N–C) groups is 1. The van der Waals surface area contributed by atoms with E-state index in [0.29, 0.717) is 0 Å². The molecule has 0 atom stereocenters. The average molecular weight is 252 g/mol. The van der Waals surface area contributed by atoms with Gasteiger partial charge in [-0.1, -0.05) is 0 Å². The third kappa shape index (κ3) is 4.19. The molecule has 17 heavy (non-hydrogen) atoms. The Kier molecular flexibility index (Phi) is 7.19. The average Bonchev–Trinajstić information content (AvgIpc) is 2.41. The molecule has 0 unspecified atom stereocenters. The predicted molar refractivity (Wildman–Crippen MR) is 59.6 cm³/mol. The van der Waals surface area contributed by atoms with Gasteiger partial charge >= 0.3 is 0 Å². The summed E-state index contributed by atoms with van der Waals surface area (Å²) in [4.78, 5) is 3.72. The Morgan fingerprint density at radius 3 is 1.47 bits per heavy atom. The van der Waals surface area contributed by atoms with Gasteiger partial charge in [-0.15, -0.1) is 0 Å². The van der Waals surface area contributed by atoms with Gasteiger partial charge in [0.2, 0.25) is 0 Å². The van der Waals surface area contributed by atoms with Crippen LogP contribution in [0.3, 0.4) is 0 Å². The fourth-order valence-corrected chi connectivity index (χ4v) is 0.866. The summed E-state index contributed by atoms with van der Waals surface area (Å²) in [5, 5.41) is 56.3.